The van der Waals surface area contributed by atoms with Gasteiger partial charge in [-0.1, -0.05) is 30.3 Å². The number of methoxy groups -OCH3 is 1. The molecule has 0 radical (unpaired) electrons. The molecule has 50 heavy (non-hydrogen) atoms. The summed E-state index contributed by atoms with van der Waals surface area (Å²) in [5, 5.41) is 47.8. The van der Waals surface area contributed by atoms with E-state index < -0.39 is 73.6 Å². The number of nitrogens with one attached hydrogen (secondary N) is 2. The molecular weight excluding hydrogens is 654 g/mol. The van der Waals surface area contributed by atoms with Gasteiger partial charge in [0.25, 0.3) is 5.79 Å². The Morgan fingerprint density at radius 2 is 1.82 bits per heavy atom. The minimum atomic E-state index is -2.28. The lowest BCUT2D eigenvalue weighted by molar-refractivity contribution is -0.315. The average Bonchev–Trinajstić information content (AvgIpc) is 3.14. The lowest BCUT2D eigenvalue weighted by atomic mass is 9.88. The van der Waals surface area contributed by atoms with E-state index in [1.54, 1.807) is 24.3 Å². The predicted octanol–water partition coefficient (Wildman–Crippen LogP) is -0.981. The number of hydrogen-bond donors (Lipinski definition) is 6. The van der Waals surface area contributed by atoms with Crippen LogP contribution in [0.1, 0.15) is 24.0 Å². The van der Waals surface area contributed by atoms with Gasteiger partial charge in [-0.05, 0) is 29.3 Å². The molecule has 0 saturated carbocycles. The molecule has 15 nitrogen and oxygen atoms in total. The number of hydrogen-bond acceptors (Lipinski definition) is 13. The van der Waals surface area contributed by atoms with Gasteiger partial charge in [-0.3, -0.25) is 9.59 Å². The molecule has 2 aromatic carbocycles. The number of morpholine rings is 1. The molecule has 272 valence electrons. The van der Waals surface area contributed by atoms with Crippen LogP contribution >= 0.6 is 0 Å². The number of benzene rings is 2. The van der Waals surface area contributed by atoms with E-state index in [-0.39, 0.29) is 13.0 Å². The standard InChI is InChI=1S/C35H45N3O12/c1-3-4-15-48-25-11-9-23(10-12-25)22-49-35(34(45)46-2)19-27(40)31(37-30(43)21-39)33(50-35)32(44)28(41)20-36-29(42)18-24-7-5-6-8-26(24)38-13-16-47-17-14-38/h1,5-12,27-28,31-33,39-41,44H,4,13-22H2,2H3,(H,36,42)(H,37,43)/t27-,28+,31+,32+,33+,35+/m0/s1. The van der Waals surface area contributed by atoms with Gasteiger partial charge in [0.05, 0.1) is 58.2 Å². The van der Waals surface area contributed by atoms with Gasteiger partial charge >= 0.3 is 5.97 Å². The summed E-state index contributed by atoms with van der Waals surface area (Å²) in [6.45, 7) is 1.22. The first kappa shape index (κ1) is 38.5. The van der Waals surface area contributed by atoms with E-state index in [1.807, 2.05) is 24.3 Å². The number of aliphatic hydroxyl groups is 4. The number of esters is 1. The van der Waals surface area contributed by atoms with E-state index in [2.05, 4.69) is 21.5 Å². The fraction of sp³-hybridized carbons (Fsp3) is 0.514. The smallest absolute Gasteiger partial charge is 0.366 e. The first-order chi connectivity index (χ1) is 24.1. The maximum Gasteiger partial charge on any atom is 0.366 e. The number of nitrogens with zero attached hydrogens (tertiary/aromatic N) is 1. The van der Waals surface area contributed by atoms with Crippen molar-refractivity contribution in [2.75, 3.05) is 58.1 Å². The van der Waals surface area contributed by atoms with Gasteiger partial charge in [-0.2, -0.15) is 0 Å². The van der Waals surface area contributed by atoms with Crippen molar-refractivity contribution in [2.24, 2.45) is 0 Å². The van der Waals surface area contributed by atoms with Crippen molar-refractivity contribution in [3.05, 3.63) is 59.7 Å². The molecule has 0 unspecified atom stereocenters. The Labute approximate surface area is 290 Å². The Balaban J connectivity index is 1.46. The van der Waals surface area contributed by atoms with Crippen molar-refractivity contribution in [2.45, 2.75) is 62.1 Å². The zero-order chi connectivity index (χ0) is 36.1. The van der Waals surface area contributed by atoms with Crippen molar-refractivity contribution >= 4 is 23.5 Å². The minimum absolute atomic E-state index is 0.0124. The molecule has 15 heteroatoms. The number of para-hydroxylation sites is 1. The molecule has 2 saturated heterocycles. The zero-order valence-electron chi connectivity index (χ0n) is 27.9. The van der Waals surface area contributed by atoms with Crippen LogP contribution in [0.15, 0.2) is 48.5 Å². The molecular formula is C35H45N3O12. The highest BCUT2D eigenvalue weighted by Crippen LogP contribution is 2.35. The minimum Gasteiger partial charge on any atom is -0.493 e. The van der Waals surface area contributed by atoms with E-state index in [4.69, 9.17) is 30.1 Å². The maximum absolute atomic E-state index is 13.2. The van der Waals surface area contributed by atoms with Gasteiger partial charge in [0, 0.05) is 38.2 Å². The fourth-order valence-electron chi connectivity index (χ4n) is 5.77. The summed E-state index contributed by atoms with van der Waals surface area (Å²) in [4.78, 5) is 40.4. The van der Waals surface area contributed by atoms with Crippen molar-refractivity contribution < 1.29 is 58.5 Å². The number of anilines is 1. The van der Waals surface area contributed by atoms with Crippen LogP contribution in [-0.4, -0.2) is 128 Å². The van der Waals surface area contributed by atoms with Gasteiger partial charge < -0.3 is 59.6 Å². The summed E-state index contributed by atoms with van der Waals surface area (Å²) in [5.74, 6) is -1.63. The second-order valence-electron chi connectivity index (χ2n) is 11.9. The molecule has 2 amide bonds. The Morgan fingerprint density at radius 3 is 2.50 bits per heavy atom. The summed E-state index contributed by atoms with van der Waals surface area (Å²) in [7, 11) is 1.08. The van der Waals surface area contributed by atoms with Gasteiger partial charge in [-0.25, -0.2) is 4.79 Å². The third kappa shape index (κ3) is 10.1. The van der Waals surface area contributed by atoms with Crippen molar-refractivity contribution in [3.63, 3.8) is 0 Å². The van der Waals surface area contributed by atoms with Crippen molar-refractivity contribution in [1.29, 1.82) is 0 Å². The molecule has 0 spiro atoms. The average molecular weight is 700 g/mol. The molecule has 4 rings (SSSR count). The number of aliphatic hydroxyl groups excluding tert-OH is 4. The zero-order valence-corrected chi connectivity index (χ0v) is 27.9. The third-order valence-electron chi connectivity index (χ3n) is 8.38. The third-order valence-corrected chi connectivity index (χ3v) is 8.38. The van der Waals surface area contributed by atoms with Crippen LogP contribution in [0.25, 0.3) is 0 Å². The van der Waals surface area contributed by atoms with Crippen LogP contribution in [0.5, 0.6) is 5.75 Å². The first-order valence-electron chi connectivity index (χ1n) is 16.3. The Bertz CT molecular complexity index is 1460. The highest BCUT2D eigenvalue weighted by molar-refractivity contribution is 5.81. The van der Waals surface area contributed by atoms with E-state index in [0.29, 0.717) is 50.6 Å². The normalized spacial score (nSPS) is 23.2. The van der Waals surface area contributed by atoms with E-state index in [9.17, 15) is 34.8 Å². The number of ether oxygens (including phenoxy) is 5. The van der Waals surface area contributed by atoms with Crippen LogP contribution in [-0.2, 0) is 46.4 Å². The summed E-state index contributed by atoms with van der Waals surface area (Å²) < 4.78 is 27.8. The van der Waals surface area contributed by atoms with E-state index in [0.717, 1.165) is 18.4 Å². The molecule has 2 fully saturated rings. The largest absolute Gasteiger partial charge is 0.493 e. The lowest BCUT2D eigenvalue weighted by Gasteiger charge is -2.47. The van der Waals surface area contributed by atoms with Crippen LogP contribution in [0.4, 0.5) is 5.69 Å². The molecule has 0 bridgehead atoms. The fourth-order valence-corrected chi connectivity index (χ4v) is 5.77. The number of carbonyl (C=O) groups excluding carboxylic acids is 3. The Kier molecular flexibility index (Phi) is 14.4. The molecule has 2 heterocycles. The van der Waals surface area contributed by atoms with Crippen LogP contribution in [0.2, 0.25) is 0 Å². The highest BCUT2D eigenvalue weighted by Gasteiger charge is 2.56. The highest BCUT2D eigenvalue weighted by atomic mass is 16.7. The van der Waals surface area contributed by atoms with Gasteiger partial charge in [0.1, 0.15) is 24.6 Å². The van der Waals surface area contributed by atoms with Gasteiger partial charge in [0.15, 0.2) is 0 Å². The monoisotopic (exact) mass is 699 g/mol. The molecule has 0 aliphatic carbocycles. The second-order valence-corrected chi connectivity index (χ2v) is 11.9. The molecule has 6 atom stereocenters. The van der Waals surface area contributed by atoms with Gasteiger partial charge in [0.2, 0.25) is 11.8 Å². The first-order valence-corrected chi connectivity index (χ1v) is 16.3. The lowest BCUT2D eigenvalue weighted by Crippen LogP contribution is -2.68. The van der Waals surface area contributed by atoms with Gasteiger partial charge in [-0.15, -0.1) is 12.3 Å². The molecule has 2 aromatic rings. The Morgan fingerprint density at radius 1 is 1.10 bits per heavy atom. The second kappa shape index (κ2) is 18.6. The van der Waals surface area contributed by atoms with Crippen LogP contribution < -0.4 is 20.3 Å². The number of terminal acetylenes is 1. The SMILES string of the molecule is C#CCCOc1ccc(CO[C@]2(C(=O)OC)C[C@H](O)[C@@H](NC(=O)CO)[C@H]([C@H](O)[C@H](O)CNC(=O)Cc3ccccc3N3CCOCC3)O2)cc1. The quantitative estimate of drug-likeness (QED) is 0.0709. The Hall–Kier alpha value is -4.27. The maximum atomic E-state index is 13.2. The van der Waals surface area contributed by atoms with E-state index >= 15 is 0 Å². The number of rotatable bonds is 16. The number of carbonyl (C=O) groups is 3. The molecule has 0 aromatic heterocycles. The van der Waals surface area contributed by atoms with Crippen LogP contribution in [0.3, 0.4) is 0 Å². The number of amides is 2. The summed E-state index contributed by atoms with van der Waals surface area (Å²) in [6.07, 6.45) is -1.70. The van der Waals surface area contributed by atoms with Crippen LogP contribution in [0, 0.1) is 12.3 Å². The summed E-state index contributed by atoms with van der Waals surface area (Å²) in [5.41, 5.74) is 2.24. The topological polar surface area (TPSA) is 206 Å². The summed E-state index contributed by atoms with van der Waals surface area (Å²) in [6, 6.07) is 12.7. The molecule has 2 aliphatic rings. The van der Waals surface area contributed by atoms with E-state index in [1.165, 1.54) is 0 Å². The molecule has 2 aliphatic heterocycles. The molecule has 6 N–H and O–H groups in total. The predicted molar refractivity (Wildman–Crippen MR) is 178 cm³/mol. The summed E-state index contributed by atoms with van der Waals surface area (Å²) >= 11 is 0. The van der Waals surface area contributed by atoms with Crippen molar-refractivity contribution in [3.8, 4) is 18.1 Å². The van der Waals surface area contributed by atoms with Crippen molar-refractivity contribution in [1.82, 2.24) is 10.6 Å².